The van der Waals surface area contributed by atoms with Crippen molar-refractivity contribution in [1.82, 2.24) is 15.2 Å². The number of carbonyl (C=O) groups is 1. The zero-order chi connectivity index (χ0) is 13.4. The largest absolute Gasteiger partial charge is 0.384 e. The molecule has 0 aliphatic rings. The zero-order valence-electron chi connectivity index (χ0n) is 11.1. The molecule has 0 aliphatic carbocycles. The van der Waals surface area contributed by atoms with Gasteiger partial charge in [0.05, 0.1) is 5.56 Å². The Kier molecular flexibility index (Phi) is 6.14. The molecule has 5 nitrogen and oxygen atoms in total. The number of hydrogen-bond acceptors (Lipinski definition) is 4. The van der Waals surface area contributed by atoms with Gasteiger partial charge < -0.3 is 16.0 Å². The molecule has 5 heteroatoms. The number of aromatic nitrogens is 1. The summed E-state index contributed by atoms with van der Waals surface area (Å²) in [5, 5.41) is 2.88. The molecule has 1 amide bonds. The normalized spacial score (nSPS) is 10.6. The summed E-state index contributed by atoms with van der Waals surface area (Å²) >= 11 is 0. The van der Waals surface area contributed by atoms with Crippen molar-refractivity contribution < 1.29 is 4.79 Å². The lowest BCUT2D eigenvalue weighted by molar-refractivity contribution is 0.0948. The summed E-state index contributed by atoms with van der Waals surface area (Å²) in [6.07, 6.45) is 2.62. The van der Waals surface area contributed by atoms with E-state index in [0.717, 1.165) is 26.1 Å². The average Bonchev–Trinajstić information content (AvgIpc) is 2.38. The van der Waals surface area contributed by atoms with Gasteiger partial charge in [0, 0.05) is 19.3 Å². The van der Waals surface area contributed by atoms with Gasteiger partial charge in [-0.05, 0) is 31.6 Å². The van der Waals surface area contributed by atoms with E-state index in [-0.39, 0.29) is 5.91 Å². The molecule has 0 aliphatic heterocycles. The molecular formula is C13H22N4O. The number of nitrogen functional groups attached to an aromatic ring is 1. The van der Waals surface area contributed by atoms with Gasteiger partial charge in [-0.1, -0.05) is 13.8 Å². The number of pyridine rings is 1. The fraction of sp³-hybridized carbons (Fsp3) is 0.538. The van der Waals surface area contributed by atoms with Gasteiger partial charge in [0.25, 0.3) is 5.91 Å². The van der Waals surface area contributed by atoms with Crippen molar-refractivity contribution >= 4 is 11.7 Å². The Morgan fingerprint density at radius 3 is 2.72 bits per heavy atom. The minimum Gasteiger partial charge on any atom is -0.384 e. The quantitative estimate of drug-likeness (QED) is 0.761. The predicted molar refractivity (Wildman–Crippen MR) is 73.4 cm³/mol. The van der Waals surface area contributed by atoms with Gasteiger partial charge >= 0.3 is 0 Å². The van der Waals surface area contributed by atoms with E-state index in [9.17, 15) is 4.79 Å². The molecule has 0 saturated heterocycles. The van der Waals surface area contributed by atoms with Crippen LogP contribution in [0.25, 0.3) is 0 Å². The molecule has 0 saturated carbocycles. The number of carbonyl (C=O) groups excluding carboxylic acids is 1. The molecule has 3 N–H and O–H groups in total. The minimum atomic E-state index is -0.102. The minimum absolute atomic E-state index is 0.102. The average molecular weight is 250 g/mol. The predicted octanol–water partition coefficient (Wildman–Crippen LogP) is 1.13. The van der Waals surface area contributed by atoms with Gasteiger partial charge in [0.1, 0.15) is 5.82 Å². The third-order valence-corrected chi connectivity index (χ3v) is 2.75. The highest BCUT2D eigenvalue weighted by Gasteiger charge is 2.06. The molecular weight excluding hydrogens is 228 g/mol. The van der Waals surface area contributed by atoms with Crippen LogP contribution >= 0.6 is 0 Å². The van der Waals surface area contributed by atoms with Gasteiger partial charge in [0.2, 0.25) is 0 Å². The Hall–Kier alpha value is -1.62. The van der Waals surface area contributed by atoms with Gasteiger partial charge in [-0.2, -0.15) is 0 Å². The fourth-order valence-electron chi connectivity index (χ4n) is 1.71. The van der Waals surface area contributed by atoms with Crippen LogP contribution in [0, 0.1) is 0 Å². The first-order valence-electron chi connectivity index (χ1n) is 6.39. The van der Waals surface area contributed by atoms with Crippen LogP contribution in [-0.2, 0) is 0 Å². The van der Waals surface area contributed by atoms with E-state index in [4.69, 9.17) is 5.73 Å². The molecule has 0 atom stereocenters. The molecule has 1 heterocycles. The van der Waals surface area contributed by atoms with Gasteiger partial charge in [0.15, 0.2) is 0 Å². The number of hydrogen-bond donors (Lipinski definition) is 2. The first-order valence-corrected chi connectivity index (χ1v) is 6.39. The summed E-state index contributed by atoms with van der Waals surface area (Å²) in [4.78, 5) is 18.0. The van der Waals surface area contributed by atoms with E-state index >= 15 is 0 Å². The highest BCUT2D eigenvalue weighted by atomic mass is 16.1. The number of nitrogens with two attached hydrogens (primary N) is 1. The monoisotopic (exact) mass is 250 g/mol. The van der Waals surface area contributed by atoms with E-state index in [1.165, 1.54) is 6.20 Å². The third kappa shape index (κ3) is 4.71. The Labute approximate surface area is 108 Å². The summed E-state index contributed by atoms with van der Waals surface area (Å²) in [5.74, 6) is 0.321. The Bertz CT molecular complexity index is 364. The Morgan fingerprint density at radius 1 is 1.39 bits per heavy atom. The molecule has 0 bridgehead atoms. The number of likely N-dealkylation sites (N-methyl/N-ethyl adjacent to an activating group) is 1. The Morgan fingerprint density at radius 2 is 2.17 bits per heavy atom. The van der Waals surface area contributed by atoms with Crippen LogP contribution in [0.5, 0.6) is 0 Å². The molecule has 100 valence electrons. The summed E-state index contributed by atoms with van der Waals surface area (Å²) in [6.45, 7) is 7.88. The van der Waals surface area contributed by atoms with Crippen molar-refractivity contribution in [1.29, 1.82) is 0 Å². The highest BCUT2D eigenvalue weighted by molar-refractivity contribution is 5.93. The van der Waals surface area contributed by atoms with Gasteiger partial charge in [-0.3, -0.25) is 4.79 Å². The van der Waals surface area contributed by atoms with Crippen LogP contribution in [-0.4, -0.2) is 42.0 Å². The molecule has 0 spiro atoms. The summed E-state index contributed by atoms with van der Waals surface area (Å²) in [7, 11) is 0. The fourth-order valence-corrected chi connectivity index (χ4v) is 1.71. The topological polar surface area (TPSA) is 71.2 Å². The van der Waals surface area contributed by atoms with Crippen molar-refractivity contribution in [3.05, 3.63) is 23.9 Å². The number of amides is 1. The number of rotatable bonds is 7. The maximum atomic E-state index is 11.8. The van der Waals surface area contributed by atoms with Crippen molar-refractivity contribution in [2.24, 2.45) is 0 Å². The van der Waals surface area contributed by atoms with Crippen molar-refractivity contribution in [3.8, 4) is 0 Å². The number of nitrogens with one attached hydrogen (secondary N) is 1. The van der Waals surface area contributed by atoms with Crippen LogP contribution in [0.2, 0.25) is 0 Å². The molecule has 1 rings (SSSR count). The number of nitrogens with zero attached hydrogens (tertiary/aromatic N) is 2. The number of anilines is 1. The molecule has 18 heavy (non-hydrogen) atoms. The van der Waals surface area contributed by atoms with Crippen molar-refractivity contribution in [3.63, 3.8) is 0 Å². The van der Waals surface area contributed by atoms with Crippen LogP contribution < -0.4 is 11.1 Å². The molecule has 0 unspecified atom stereocenters. The maximum absolute atomic E-state index is 11.8. The molecule has 0 aromatic carbocycles. The maximum Gasteiger partial charge on any atom is 0.252 e. The van der Waals surface area contributed by atoms with Crippen LogP contribution in [0.15, 0.2) is 18.3 Å². The van der Waals surface area contributed by atoms with E-state index in [0.29, 0.717) is 17.9 Å². The van der Waals surface area contributed by atoms with Gasteiger partial charge in [-0.15, -0.1) is 0 Å². The lowest BCUT2D eigenvalue weighted by atomic mass is 10.2. The second-order valence-corrected chi connectivity index (χ2v) is 4.16. The van der Waals surface area contributed by atoms with E-state index < -0.39 is 0 Å². The standard InChI is InChI=1S/C13H22N4O/c1-3-8-17(4-2)9-7-15-13(18)11-5-6-12(14)16-10-11/h5-6,10H,3-4,7-9H2,1-2H3,(H2,14,16)(H,15,18). The SMILES string of the molecule is CCCN(CC)CCNC(=O)c1ccc(N)nc1. The smallest absolute Gasteiger partial charge is 0.252 e. The molecule has 0 radical (unpaired) electrons. The van der Waals surface area contributed by atoms with Crippen LogP contribution in [0.4, 0.5) is 5.82 Å². The first kappa shape index (κ1) is 14.4. The second kappa shape index (κ2) is 7.66. The van der Waals surface area contributed by atoms with E-state index in [1.807, 2.05) is 0 Å². The summed E-state index contributed by atoms with van der Waals surface area (Å²) in [6, 6.07) is 3.31. The van der Waals surface area contributed by atoms with Crippen molar-refractivity contribution in [2.45, 2.75) is 20.3 Å². The molecule has 1 aromatic heterocycles. The van der Waals surface area contributed by atoms with Crippen LogP contribution in [0.3, 0.4) is 0 Å². The van der Waals surface area contributed by atoms with Crippen molar-refractivity contribution in [2.75, 3.05) is 31.9 Å². The molecule has 0 fully saturated rings. The Balaban J connectivity index is 2.35. The van der Waals surface area contributed by atoms with E-state index in [1.54, 1.807) is 12.1 Å². The summed E-state index contributed by atoms with van der Waals surface area (Å²) in [5.41, 5.74) is 6.01. The second-order valence-electron chi connectivity index (χ2n) is 4.16. The zero-order valence-corrected chi connectivity index (χ0v) is 11.1. The highest BCUT2D eigenvalue weighted by Crippen LogP contribution is 2.00. The lowest BCUT2D eigenvalue weighted by Crippen LogP contribution is -2.35. The van der Waals surface area contributed by atoms with E-state index in [2.05, 4.69) is 29.0 Å². The first-order chi connectivity index (χ1) is 8.67. The third-order valence-electron chi connectivity index (χ3n) is 2.75. The van der Waals surface area contributed by atoms with Crippen LogP contribution in [0.1, 0.15) is 30.6 Å². The van der Waals surface area contributed by atoms with Gasteiger partial charge in [-0.25, -0.2) is 4.98 Å². The summed E-state index contributed by atoms with van der Waals surface area (Å²) < 4.78 is 0. The molecule has 1 aromatic rings. The lowest BCUT2D eigenvalue weighted by Gasteiger charge is -2.19.